The molecule has 0 bridgehead atoms. The fraction of sp³-hybridized carbons (Fsp3) is 0.333. The first-order valence-electron chi connectivity index (χ1n) is 10.4. The molecule has 4 rings (SSSR count). The molecule has 2 heterocycles. The van der Waals surface area contributed by atoms with Crippen molar-refractivity contribution < 1.29 is 9.47 Å². The Bertz CT molecular complexity index is 1090. The summed E-state index contributed by atoms with van der Waals surface area (Å²) in [5.74, 6) is 2.15. The summed E-state index contributed by atoms with van der Waals surface area (Å²) in [7, 11) is 0. The van der Waals surface area contributed by atoms with E-state index in [1.807, 2.05) is 32.2 Å². The Hall–Kier alpha value is -3.12. The molecule has 0 unspecified atom stereocenters. The third-order valence-electron chi connectivity index (χ3n) is 5.54. The molecule has 2 aromatic carbocycles. The zero-order chi connectivity index (χ0) is 21.1. The first-order chi connectivity index (χ1) is 14.5. The van der Waals surface area contributed by atoms with Crippen molar-refractivity contribution in [1.82, 2.24) is 9.97 Å². The van der Waals surface area contributed by atoms with Crippen LogP contribution in [0.3, 0.4) is 0 Å². The number of nitrogens with zero attached hydrogens (tertiary/aromatic N) is 3. The molecule has 2 N–H and O–H groups in total. The van der Waals surface area contributed by atoms with Gasteiger partial charge in [-0.25, -0.2) is 4.98 Å². The summed E-state index contributed by atoms with van der Waals surface area (Å²) in [6.07, 6.45) is 2.72. The molecule has 6 heteroatoms. The van der Waals surface area contributed by atoms with Crippen LogP contribution in [-0.4, -0.2) is 36.3 Å². The van der Waals surface area contributed by atoms with E-state index in [0.29, 0.717) is 5.88 Å². The van der Waals surface area contributed by atoms with Gasteiger partial charge in [-0.2, -0.15) is 0 Å². The fourth-order valence-corrected chi connectivity index (χ4v) is 3.45. The molecule has 0 saturated carbocycles. The molecule has 0 radical (unpaired) electrons. The molecular formula is C24H28N4O2. The minimum Gasteiger partial charge on any atom is -0.441 e. The number of aromatic nitrogens is 2. The highest BCUT2D eigenvalue weighted by Crippen LogP contribution is 2.29. The van der Waals surface area contributed by atoms with Crippen molar-refractivity contribution in [3.05, 3.63) is 59.6 Å². The van der Waals surface area contributed by atoms with Crippen LogP contribution in [0.1, 0.15) is 25.8 Å². The number of ether oxygens (including phenoxy) is 2. The molecule has 1 aliphatic rings. The highest BCUT2D eigenvalue weighted by Gasteiger charge is 2.14. The van der Waals surface area contributed by atoms with Crippen LogP contribution >= 0.6 is 0 Å². The number of allylic oxidation sites excluding steroid dienone is 1. The summed E-state index contributed by atoms with van der Waals surface area (Å²) in [6, 6.07) is 12.3. The van der Waals surface area contributed by atoms with Crippen molar-refractivity contribution in [3.63, 3.8) is 0 Å². The van der Waals surface area contributed by atoms with E-state index < -0.39 is 0 Å². The van der Waals surface area contributed by atoms with Crippen LogP contribution in [0.15, 0.2) is 54.1 Å². The van der Waals surface area contributed by atoms with Gasteiger partial charge in [-0.1, -0.05) is 19.1 Å². The van der Waals surface area contributed by atoms with Crippen LogP contribution in [0.4, 0.5) is 5.82 Å². The lowest BCUT2D eigenvalue weighted by atomic mass is 10.0. The molecule has 0 atom stereocenters. The van der Waals surface area contributed by atoms with Gasteiger partial charge in [0.25, 0.3) is 0 Å². The molecule has 1 saturated heterocycles. The number of morpholine rings is 1. The number of anilines is 1. The molecule has 0 amide bonds. The van der Waals surface area contributed by atoms with E-state index in [0.717, 1.165) is 77.6 Å². The number of hydrogen-bond acceptors (Lipinski definition) is 6. The van der Waals surface area contributed by atoms with E-state index in [2.05, 4.69) is 41.1 Å². The first-order valence-corrected chi connectivity index (χ1v) is 10.4. The van der Waals surface area contributed by atoms with E-state index in [-0.39, 0.29) is 0 Å². The summed E-state index contributed by atoms with van der Waals surface area (Å²) >= 11 is 0. The maximum absolute atomic E-state index is 6.05. The van der Waals surface area contributed by atoms with Crippen LogP contribution in [-0.2, 0) is 4.74 Å². The van der Waals surface area contributed by atoms with E-state index in [1.54, 1.807) is 0 Å². The van der Waals surface area contributed by atoms with Crippen LogP contribution in [0.25, 0.3) is 22.2 Å². The predicted octanol–water partition coefficient (Wildman–Crippen LogP) is 4.42. The monoisotopic (exact) mass is 404 g/mol. The van der Waals surface area contributed by atoms with Gasteiger partial charge in [0.15, 0.2) is 5.88 Å². The molecule has 30 heavy (non-hydrogen) atoms. The third-order valence-corrected chi connectivity index (χ3v) is 5.54. The molecule has 156 valence electrons. The summed E-state index contributed by atoms with van der Waals surface area (Å²) < 4.78 is 11.3. The molecule has 0 spiro atoms. The van der Waals surface area contributed by atoms with Gasteiger partial charge in [0.2, 0.25) is 0 Å². The number of fused-ring (bicyclic) bond motifs is 1. The van der Waals surface area contributed by atoms with E-state index >= 15 is 0 Å². The molecule has 3 aromatic rings. The zero-order valence-electron chi connectivity index (χ0n) is 17.8. The molecule has 1 aromatic heterocycles. The zero-order valence-corrected chi connectivity index (χ0v) is 17.8. The Balaban J connectivity index is 1.63. The third kappa shape index (κ3) is 4.24. The standard InChI is InChI=1S/C24H28N4O2/c1-4-16(2)24(25)30-22-8-6-18(13-17(22)3)19-5-7-20-21(14-19)27-23(15-26-20)28-9-11-29-12-10-28/h5-8,13-15H,4,9-12,25H2,1-3H3. The molecule has 1 aliphatic heterocycles. The first kappa shape index (κ1) is 20.2. The topological polar surface area (TPSA) is 73.5 Å². The number of aryl methyl sites for hydroxylation is 1. The SMILES string of the molecule is CCC(C)=C(N)Oc1ccc(-c2ccc3ncc(N4CCOCC4)nc3c2)cc1C. The lowest BCUT2D eigenvalue weighted by Gasteiger charge is -2.27. The maximum Gasteiger partial charge on any atom is 0.189 e. The smallest absolute Gasteiger partial charge is 0.189 e. The van der Waals surface area contributed by atoms with Crippen molar-refractivity contribution in [2.45, 2.75) is 27.2 Å². The average molecular weight is 405 g/mol. The van der Waals surface area contributed by atoms with Gasteiger partial charge >= 0.3 is 0 Å². The van der Waals surface area contributed by atoms with Crippen LogP contribution in [0.5, 0.6) is 5.75 Å². The Morgan fingerprint density at radius 1 is 1.10 bits per heavy atom. The second-order valence-corrected chi connectivity index (χ2v) is 7.61. The quantitative estimate of drug-likeness (QED) is 0.635. The van der Waals surface area contributed by atoms with Gasteiger partial charge in [0.1, 0.15) is 11.6 Å². The Labute approximate surface area is 177 Å². The Morgan fingerprint density at radius 2 is 1.83 bits per heavy atom. The maximum atomic E-state index is 6.05. The largest absolute Gasteiger partial charge is 0.441 e. The van der Waals surface area contributed by atoms with Crippen molar-refractivity contribution >= 4 is 16.9 Å². The summed E-state index contributed by atoms with van der Waals surface area (Å²) in [5.41, 5.74) is 12.1. The van der Waals surface area contributed by atoms with Crippen molar-refractivity contribution in [3.8, 4) is 16.9 Å². The van der Waals surface area contributed by atoms with E-state index in [9.17, 15) is 0 Å². The molecular weight excluding hydrogens is 376 g/mol. The number of nitrogens with two attached hydrogens (primary N) is 1. The van der Waals surface area contributed by atoms with Crippen LogP contribution < -0.4 is 15.4 Å². The predicted molar refractivity (Wildman–Crippen MR) is 121 cm³/mol. The van der Waals surface area contributed by atoms with Crippen molar-refractivity contribution in [2.75, 3.05) is 31.2 Å². The second kappa shape index (κ2) is 8.71. The van der Waals surface area contributed by atoms with Gasteiger partial charge in [-0.15, -0.1) is 0 Å². The normalized spacial score (nSPS) is 15.2. The highest BCUT2D eigenvalue weighted by molar-refractivity contribution is 5.82. The van der Waals surface area contributed by atoms with Gasteiger partial charge in [-0.05, 0) is 66.8 Å². The number of rotatable bonds is 5. The van der Waals surface area contributed by atoms with Gasteiger partial charge in [0.05, 0.1) is 30.4 Å². The second-order valence-electron chi connectivity index (χ2n) is 7.61. The van der Waals surface area contributed by atoms with Gasteiger partial charge in [-0.3, -0.25) is 4.98 Å². The molecule has 6 nitrogen and oxygen atoms in total. The average Bonchev–Trinajstić information content (AvgIpc) is 2.79. The van der Waals surface area contributed by atoms with Crippen molar-refractivity contribution in [2.24, 2.45) is 5.73 Å². The van der Waals surface area contributed by atoms with Crippen LogP contribution in [0, 0.1) is 6.92 Å². The number of benzene rings is 2. The summed E-state index contributed by atoms with van der Waals surface area (Å²) in [4.78, 5) is 11.7. The molecule has 1 fully saturated rings. The fourth-order valence-electron chi connectivity index (χ4n) is 3.45. The lowest BCUT2D eigenvalue weighted by Crippen LogP contribution is -2.36. The molecule has 0 aliphatic carbocycles. The van der Waals surface area contributed by atoms with Gasteiger partial charge in [0, 0.05) is 13.1 Å². The van der Waals surface area contributed by atoms with Gasteiger partial charge < -0.3 is 20.1 Å². The lowest BCUT2D eigenvalue weighted by molar-refractivity contribution is 0.122. The van der Waals surface area contributed by atoms with Crippen LogP contribution in [0.2, 0.25) is 0 Å². The minimum atomic E-state index is 0.477. The number of hydrogen-bond donors (Lipinski definition) is 1. The summed E-state index contributed by atoms with van der Waals surface area (Å²) in [5, 5.41) is 0. The summed E-state index contributed by atoms with van der Waals surface area (Å²) in [6.45, 7) is 9.22. The Morgan fingerprint density at radius 3 is 2.57 bits per heavy atom. The van der Waals surface area contributed by atoms with Crippen molar-refractivity contribution in [1.29, 1.82) is 0 Å². The van der Waals surface area contributed by atoms with E-state index in [4.69, 9.17) is 20.2 Å². The minimum absolute atomic E-state index is 0.477. The highest BCUT2D eigenvalue weighted by atomic mass is 16.5. The Kier molecular flexibility index (Phi) is 5.86. The van der Waals surface area contributed by atoms with E-state index in [1.165, 1.54) is 0 Å².